The second-order valence-corrected chi connectivity index (χ2v) is 9.03. The van der Waals surface area contributed by atoms with Crippen LogP contribution in [-0.4, -0.2) is 23.3 Å². The first-order valence-corrected chi connectivity index (χ1v) is 11.7. The smallest absolute Gasteiger partial charge is 0.247 e. The zero-order valence-corrected chi connectivity index (χ0v) is 20.0. The van der Waals surface area contributed by atoms with Gasteiger partial charge in [-0.1, -0.05) is 98.2 Å². The van der Waals surface area contributed by atoms with Crippen LogP contribution >= 0.6 is 11.6 Å². The molecule has 0 heterocycles. The van der Waals surface area contributed by atoms with Gasteiger partial charge in [0.15, 0.2) is 0 Å². The molecule has 172 valence electrons. The molecule has 3 rings (SSSR count). The van der Waals surface area contributed by atoms with Gasteiger partial charge in [0.05, 0.1) is 6.42 Å². The number of carbonyl (C=O) groups is 2. The SMILES string of the molecule is CC(C)CCNC(=O)C(c1ccccc1)N(Cc1ccc(Cl)cc1)C(=O)Cc1ccccc1. The average molecular weight is 463 g/mol. The third-order valence-corrected chi connectivity index (χ3v) is 5.73. The van der Waals surface area contributed by atoms with Crippen LogP contribution in [0.15, 0.2) is 84.9 Å². The van der Waals surface area contributed by atoms with E-state index in [4.69, 9.17) is 11.6 Å². The molecule has 0 aliphatic rings. The maximum atomic E-state index is 13.6. The largest absolute Gasteiger partial charge is 0.354 e. The van der Waals surface area contributed by atoms with Gasteiger partial charge in [-0.05, 0) is 41.2 Å². The topological polar surface area (TPSA) is 49.4 Å². The second-order valence-electron chi connectivity index (χ2n) is 8.60. The predicted molar refractivity (Wildman–Crippen MR) is 134 cm³/mol. The molecule has 0 saturated carbocycles. The molecule has 1 atom stereocenters. The molecule has 3 aromatic rings. The second kappa shape index (κ2) is 12.2. The van der Waals surface area contributed by atoms with Crippen molar-refractivity contribution >= 4 is 23.4 Å². The Labute approximate surface area is 201 Å². The highest BCUT2D eigenvalue weighted by atomic mass is 35.5. The van der Waals surface area contributed by atoms with Gasteiger partial charge in [-0.2, -0.15) is 0 Å². The van der Waals surface area contributed by atoms with E-state index in [1.165, 1.54) is 0 Å². The van der Waals surface area contributed by atoms with Gasteiger partial charge in [0, 0.05) is 18.1 Å². The summed E-state index contributed by atoms with van der Waals surface area (Å²) in [6.07, 6.45) is 1.10. The van der Waals surface area contributed by atoms with Gasteiger partial charge in [0.1, 0.15) is 6.04 Å². The van der Waals surface area contributed by atoms with Crippen LogP contribution in [0.3, 0.4) is 0 Å². The van der Waals surface area contributed by atoms with Gasteiger partial charge in [-0.3, -0.25) is 9.59 Å². The summed E-state index contributed by atoms with van der Waals surface area (Å²) >= 11 is 6.07. The molecular formula is C28H31ClN2O2. The monoisotopic (exact) mass is 462 g/mol. The molecule has 0 spiro atoms. The number of halogens is 1. The zero-order valence-electron chi connectivity index (χ0n) is 19.2. The standard InChI is InChI=1S/C28H31ClN2O2/c1-21(2)17-18-30-28(33)27(24-11-7-4-8-12-24)31(20-23-13-15-25(29)16-14-23)26(32)19-22-9-5-3-6-10-22/h3-16,21,27H,17-20H2,1-2H3,(H,30,33). The number of amides is 2. The summed E-state index contributed by atoms with van der Waals surface area (Å²) in [4.78, 5) is 28.7. The summed E-state index contributed by atoms with van der Waals surface area (Å²) in [6.45, 7) is 5.12. The van der Waals surface area contributed by atoms with Gasteiger partial charge in [-0.25, -0.2) is 0 Å². The van der Waals surface area contributed by atoms with Crippen LogP contribution < -0.4 is 5.32 Å². The van der Waals surface area contributed by atoms with Crippen molar-refractivity contribution < 1.29 is 9.59 Å². The van der Waals surface area contributed by atoms with Crippen molar-refractivity contribution in [1.29, 1.82) is 0 Å². The van der Waals surface area contributed by atoms with Crippen molar-refractivity contribution in [3.63, 3.8) is 0 Å². The summed E-state index contributed by atoms with van der Waals surface area (Å²) < 4.78 is 0. The average Bonchev–Trinajstić information content (AvgIpc) is 2.81. The number of nitrogens with one attached hydrogen (secondary N) is 1. The van der Waals surface area contributed by atoms with E-state index in [1.807, 2.05) is 72.8 Å². The maximum Gasteiger partial charge on any atom is 0.247 e. The van der Waals surface area contributed by atoms with Crippen molar-refractivity contribution in [3.05, 3.63) is 107 Å². The van der Waals surface area contributed by atoms with Crippen LogP contribution in [0.5, 0.6) is 0 Å². The van der Waals surface area contributed by atoms with E-state index in [0.717, 1.165) is 23.1 Å². The molecule has 0 radical (unpaired) electrons. The van der Waals surface area contributed by atoms with Crippen LogP contribution in [0.25, 0.3) is 0 Å². The van der Waals surface area contributed by atoms with E-state index in [-0.39, 0.29) is 18.2 Å². The lowest BCUT2D eigenvalue weighted by molar-refractivity contribution is -0.141. The first kappa shape index (κ1) is 24.5. The highest BCUT2D eigenvalue weighted by Crippen LogP contribution is 2.25. The summed E-state index contributed by atoms with van der Waals surface area (Å²) in [5, 5.41) is 3.68. The Morgan fingerprint density at radius 1 is 0.848 bits per heavy atom. The quantitative estimate of drug-likeness (QED) is 0.413. The van der Waals surface area contributed by atoms with Crippen molar-refractivity contribution in [2.24, 2.45) is 5.92 Å². The predicted octanol–water partition coefficient (Wildman–Crippen LogP) is 5.81. The molecular weight excluding hydrogens is 432 g/mol. The number of nitrogens with zero attached hydrogens (tertiary/aromatic N) is 1. The third kappa shape index (κ3) is 7.47. The fourth-order valence-electron chi connectivity index (χ4n) is 3.67. The van der Waals surface area contributed by atoms with E-state index in [2.05, 4.69) is 19.2 Å². The molecule has 0 saturated heterocycles. The first-order valence-electron chi connectivity index (χ1n) is 11.3. The van der Waals surface area contributed by atoms with Gasteiger partial charge in [0.25, 0.3) is 0 Å². The van der Waals surface area contributed by atoms with E-state index in [1.54, 1.807) is 17.0 Å². The lowest BCUT2D eigenvalue weighted by Crippen LogP contribution is -2.44. The van der Waals surface area contributed by atoms with Crippen LogP contribution in [-0.2, 0) is 22.6 Å². The molecule has 3 aromatic carbocycles. The van der Waals surface area contributed by atoms with E-state index in [0.29, 0.717) is 24.0 Å². The number of benzene rings is 3. The normalized spacial score (nSPS) is 11.8. The van der Waals surface area contributed by atoms with E-state index in [9.17, 15) is 9.59 Å². The number of carbonyl (C=O) groups excluding carboxylic acids is 2. The maximum absolute atomic E-state index is 13.6. The molecule has 0 aliphatic heterocycles. The minimum absolute atomic E-state index is 0.107. The van der Waals surface area contributed by atoms with Crippen LogP contribution in [0.1, 0.15) is 43.0 Å². The molecule has 0 aromatic heterocycles. The van der Waals surface area contributed by atoms with Gasteiger partial charge >= 0.3 is 0 Å². The highest BCUT2D eigenvalue weighted by molar-refractivity contribution is 6.30. The summed E-state index contributed by atoms with van der Waals surface area (Å²) in [6, 6.07) is 25.8. The van der Waals surface area contributed by atoms with Crippen LogP contribution in [0.2, 0.25) is 5.02 Å². The number of hydrogen-bond donors (Lipinski definition) is 1. The fourth-order valence-corrected chi connectivity index (χ4v) is 3.80. The van der Waals surface area contributed by atoms with Crippen molar-refractivity contribution in [2.45, 2.75) is 39.3 Å². The van der Waals surface area contributed by atoms with Crippen molar-refractivity contribution in [3.8, 4) is 0 Å². The Kier molecular flexibility index (Phi) is 9.08. The Morgan fingerprint density at radius 3 is 2.06 bits per heavy atom. The van der Waals surface area contributed by atoms with E-state index < -0.39 is 6.04 Å². The summed E-state index contributed by atoms with van der Waals surface area (Å²) in [5.41, 5.74) is 2.61. The third-order valence-electron chi connectivity index (χ3n) is 5.48. The van der Waals surface area contributed by atoms with Gasteiger partial charge in [-0.15, -0.1) is 0 Å². The Balaban J connectivity index is 1.94. The lowest BCUT2D eigenvalue weighted by atomic mass is 10.0. The molecule has 0 bridgehead atoms. The number of rotatable bonds is 10. The van der Waals surface area contributed by atoms with Crippen LogP contribution in [0.4, 0.5) is 0 Å². The molecule has 33 heavy (non-hydrogen) atoms. The van der Waals surface area contributed by atoms with Crippen molar-refractivity contribution in [2.75, 3.05) is 6.54 Å². The Bertz CT molecular complexity index is 1020. The molecule has 1 N–H and O–H groups in total. The van der Waals surface area contributed by atoms with Gasteiger partial charge in [0.2, 0.25) is 11.8 Å². The Morgan fingerprint density at radius 2 is 1.45 bits per heavy atom. The zero-order chi connectivity index (χ0) is 23.6. The lowest BCUT2D eigenvalue weighted by Gasteiger charge is -2.32. The summed E-state index contributed by atoms with van der Waals surface area (Å²) in [5.74, 6) is 0.201. The first-order chi connectivity index (χ1) is 15.9. The number of hydrogen-bond acceptors (Lipinski definition) is 2. The Hall–Kier alpha value is -3.11. The van der Waals surface area contributed by atoms with Gasteiger partial charge < -0.3 is 10.2 Å². The van der Waals surface area contributed by atoms with Crippen molar-refractivity contribution in [1.82, 2.24) is 10.2 Å². The molecule has 1 unspecified atom stereocenters. The van der Waals surface area contributed by atoms with Crippen LogP contribution in [0, 0.1) is 5.92 Å². The summed E-state index contributed by atoms with van der Waals surface area (Å²) in [7, 11) is 0. The molecule has 5 heteroatoms. The van der Waals surface area contributed by atoms with E-state index >= 15 is 0 Å². The highest BCUT2D eigenvalue weighted by Gasteiger charge is 2.31. The molecule has 0 aliphatic carbocycles. The molecule has 2 amide bonds. The minimum Gasteiger partial charge on any atom is -0.354 e. The molecule has 0 fully saturated rings. The fraction of sp³-hybridized carbons (Fsp3) is 0.286. The minimum atomic E-state index is -0.731. The molecule has 4 nitrogen and oxygen atoms in total.